The van der Waals surface area contributed by atoms with Crippen LogP contribution in [0.25, 0.3) is 0 Å². The van der Waals surface area contributed by atoms with Crippen LogP contribution in [0.3, 0.4) is 0 Å². The second-order valence-corrected chi connectivity index (χ2v) is 7.26. The van der Waals surface area contributed by atoms with E-state index in [1.807, 2.05) is 35.1 Å². The van der Waals surface area contributed by atoms with Crippen molar-refractivity contribution in [3.8, 4) is 0 Å². The number of amides is 1. The van der Waals surface area contributed by atoms with Crippen molar-refractivity contribution in [1.82, 2.24) is 25.3 Å². The molecular weight excluding hydrogens is 487 g/mol. The lowest BCUT2D eigenvalue weighted by molar-refractivity contribution is -0.127. The topological polar surface area (TPSA) is 74.5 Å². The van der Waals surface area contributed by atoms with Gasteiger partial charge >= 0.3 is 0 Å². The van der Waals surface area contributed by atoms with E-state index in [0.29, 0.717) is 5.96 Å². The molecule has 2 N–H and O–H groups in total. The molecule has 2 aromatic rings. The molecule has 0 saturated heterocycles. The van der Waals surface area contributed by atoms with E-state index in [9.17, 15) is 4.79 Å². The van der Waals surface area contributed by atoms with Gasteiger partial charge in [-0.15, -0.1) is 35.7 Å². The van der Waals surface area contributed by atoms with Gasteiger partial charge in [0.2, 0.25) is 5.91 Å². The number of benzene rings is 1. The van der Waals surface area contributed by atoms with Gasteiger partial charge in [0.15, 0.2) is 5.96 Å². The number of aryl methyl sites for hydroxylation is 1. The zero-order valence-electron chi connectivity index (χ0n) is 16.4. The second kappa shape index (κ2) is 14.3. The van der Waals surface area contributed by atoms with Gasteiger partial charge in [-0.3, -0.25) is 9.48 Å². The van der Waals surface area contributed by atoms with Crippen LogP contribution in [0.5, 0.6) is 0 Å². The SMILES string of the molecule is CN(C)C(=O)CN=C(NCCCn1cccn1)NCCSc1ccccc1.I. The lowest BCUT2D eigenvalue weighted by Crippen LogP contribution is -2.40. The first-order valence-corrected chi connectivity index (χ1v) is 10.0. The second-order valence-electron chi connectivity index (χ2n) is 6.09. The average Bonchev–Trinajstić information content (AvgIpc) is 3.19. The molecule has 28 heavy (non-hydrogen) atoms. The first kappa shape index (κ1) is 24.3. The van der Waals surface area contributed by atoms with E-state index in [2.05, 4.69) is 32.9 Å². The Morgan fingerprint density at radius 1 is 1.18 bits per heavy atom. The van der Waals surface area contributed by atoms with Crippen LogP contribution in [0.4, 0.5) is 0 Å². The molecule has 0 aliphatic carbocycles. The molecule has 0 atom stereocenters. The highest BCUT2D eigenvalue weighted by Gasteiger charge is 2.04. The number of nitrogens with zero attached hydrogens (tertiary/aromatic N) is 4. The van der Waals surface area contributed by atoms with E-state index in [-0.39, 0.29) is 36.4 Å². The van der Waals surface area contributed by atoms with Crippen LogP contribution >= 0.6 is 35.7 Å². The molecule has 1 amide bonds. The fourth-order valence-corrected chi connectivity index (χ4v) is 2.99. The number of likely N-dealkylation sites (N-methyl/N-ethyl adjacent to an activating group) is 1. The highest BCUT2D eigenvalue weighted by atomic mass is 127. The summed E-state index contributed by atoms with van der Waals surface area (Å²) >= 11 is 1.79. The van der Waals surface area contributed by atoms with Gasteiger partial charge in [-0.25, -0.2) is 4.99 Å². The molecule has 0 bridgehead atoms. The Morgan fingerprint density at radius 3 is 2.61 bits per heavy atom. The minimum Gasteiger partial charge on any atom is -0.356 e. The molecule has 9 heteroatoms. The monoisotopic (exact) mass is 516 g/mol. The van der Waals surface area contributed by atoms with E-state index in [1.54, 1.807) is 37.0 Å². The molecule has 154 valence electrons. The van der Waals surface area contributed by atoms with Crippen LogP contribution in [0.2, 0.25) is 0 Å². The number of hydrogen-bond acceptors (Lipinski definition) is 4. The summed E-state index contributed by atoms with van der Waals surface area (Å²) in [6.45, 7) is 2.50. The van der Waals surface area contributed by atoms with Crippen molar-refractivity contribution >= 4 is 47.6 Å². The Labute approximate surface area is 188 Å². The number of rotatable bonds is 10. The normalized spacial score (nSPS) is 10.9. The number of halogens is 1. The minimum atomic E-state index is -0.0219. The Morgan fingerprint density at radius 2 is 1.93 bits per heavy atom. The largest absolute Gasteiger partial charge is 0.356 e. The van der Waals surface area contributed by atoms with Crippen molar-refractivity contribution in [2.45, 2.75) is 17.9 Å². The maximum Gasteiger partial charge on any atom is 0.243 e. The molecule has 0 radical (unpaired) electrons. The number of thioether (sulfide) groups is 1. The fraction of sp³-hybridized carbons (Fsp3) is 0.421. The minimum absolute atomic E-state index is 0. The molecule has 0 aliphatic rings. The summed E-state index contributed by atoms with van der Waals surface area (Å²) in [5.41, 5.74) is 0. The molecule has 1 heterocycles. The van der Waals surface area contributed by atoms with Crippen molar-refractivity contribution in [2.75, 3.05) is 39.5 Å². The van der Waals surface area contributed by atoms with Gasteiger partial charge in [0, 0.05) is 56.8 Å². The Balaban J connectivity index is 0.00000392. The van der Waals surface area contributed by atoms with Crippen LogP contribution in [-0.2, 0) is 11.3 Å². The first-order chi connectivity index (χ1) is 13.1. The maximum absolute atomic E-state index is 11.8. The van der Waals surface area contributed by atoms with Crippen LogP contribution in [-0.4, -0.2) is 66.0 Å². The van der Waals surface area contributed by atoms with Gasteiger partial charge in [0.05, 0.1) is 0 Å². The number of aromatic nitrogens is 2. The maximum atomic E-state index is 11.8. The molecule has 0 fully saturated rings. The standard InChI is InChI=1S/C19H28N6OS.HI/c1-24(2)18(26)16-22-19(20-10-6-13-25-14-7-11-23-25)21-12-15-27-17-8-4-3-5-9-17;/h3-5,7-9,11,14H,6,10,12-13,15-16H2,1-2H3,(H2,20,21,22);1H. The fourth-order valence-electron chi connectivity index (χ4n) is 2.20. The predicted octanol–water partition coefficient (Wildman–Crippen LogP) is 2.31. The van der Waals surface area contributed by atoms with Gasteiger partial charge in [-0.05, 0) is 24.6 Å². The number of hydrogen-bond donors (Lipinski definition) is 2. The summed E-state index contributed by atoms with van der Waals surface area (Å²) in [6, 6.07) is 12.2. The number of nitrogens with one attached hydrogen (secondary N) is 2. The van der Waals surface area contributed by atoms with E-state index >= 15 is 0 Å². The van der Waals surface area contributed by atoms with Crippen molar-refractivity contribution in [2.24, 2.45) is 4.99 Å². The van der Waals surface area contributed by atoms with Gasteiger partial charge < -0.3 is 15.5 Å². The molecule has 2 rings (SSSR count). The Bertz CT molecular complexity index is 694. The van der Waals surface area contributed by atoms with Crippen LogP contribution in [0, 0.1) is 0 Å². The van der Waals surface area contributed by atoms with Gasteiger partial charge in [-0.2, -0.15) is 5.10 Å². The van der Waals surface area contributed by atoms with Crippen LogP contribution in [0.15, 0.2) is 58.7 Å². The number of carbonyl (C=O) groups excluding carboxylic acids is 1. The zero-order valence-corrected chi connectivity index (χ0v) is 19.5. The van der Waals surface area contributed by atoms with Crippen molar-refractivity contribution in [1.29, 1.82) is 0 Å². The molecule has 0 unspecified atom stereocenters. The van der Waals surface area contributed by atoms with E-state index in [4.69, 9.17) is 0 Å². The first-order valence-electron chi connectivity index (χ1n) is 9.03. The number of aliphatic imine (C=N–C) groups is 1. The smallest absolute Gasteiger partial charge is 0.243 e. The van der Waals surface area contributed by atoms with Crippen molar-refractivity contribution in [3.63, 3.8) is 0 Å². The Kier molecular flexibility index (Phi) is 12.4. The molecule has 7 nitrogen and oxygen atoms in total. The highest BCUT2D eigenvalue weighted by molar-refractivity contribution is 14.0. The van der Waals surface area contributed by atoms with Crippen molar-refractivity contribution < 1.29 is 4.79 Å². The average molecular weight is 516 g/mol. The predicted molar refractivity (Wildman–Crippen MR) is 126 cm³/mol. The molecule has 1 aromatic carbocycles. The third kappa shape index (κ3) is 9.98. The van der Waals surface area contributed by atoms with Crippen LogP contribution in [0.1, 0.15) is 6.42 Å². The van der Waals surface area contributed by atoms with Gasteiger partial charge in [0.25, 0.3) is 0 Å². The molecule has 0 saturated carbocycles. The summed E-state index contributed by atoms with van der Waals surface area (Å²) in [5.74, 6) is 1.56. The summed E-state index contributed by atoms with van der Waals surface area (Å²) in [4.78, 5) is 19.0. The van der Waals surface area contributed by atoms with Crippen molar-refractivity contribution in [3.05, 3.63) is 48.8 Å². The molecule has 1 aromatic heterocycles. The van der Waals surface area contributed by atoms with E-state index in [1.165, 1.54) is 4.90 Å². The zero-order chi connectivity index (χ0) is 19.3. The lowest BCUT2D eigenvalue weighted by atomic mass is 10.4. The summed E-state index contributed by atoms with van der Waals surface area (Å²) < 4.78 is 1.90. The Hall–Kier alpha value is -1.75. The van der Waals surface area contributed by atoms with Gasteiger partial charge in [-0.1, -0.05) is 18.2 Å². The van der Waals surface area contributed by atoms with Gasteiger partial charge in [0.1, 0.15) is 6.54 Å². The summed E-state index contributed by atoms with van der Waals surface area (Å²) in [6.07, 6.45) is 4.64. The lowest BCUT2D eigenvalue weighted by Gasteiger charge is -2.14. The molecular formula is C19H29IN6OS. The van der Waals surface area contributed by atoms with Crippen LogP contribution < -0.4 is 10.6 Å². The van der Waals surface area contributed by atoms with E-state index in [0.717, 1.165) is 31.8 Å². The highest BCUT2D eigenvalue weighted by Crippen LogP contribution is 2.15. The number of carbonyl (C=O) groups is 1. The third-order valence-corrected chi connectivity index (χ3v) is 4.71. The molecule has 0 aliphatic heterocycles. The number of guanidine groups is 1. The summed E-state index contributed by atoms with van der Waals surface area (Å²) in [7, 11) is 3.47. The quantitative estimate of drug-likeness (QED) is 0.167. The third-order valence-electron chi connectivity index (χ3n) is 3.69. The van der Waals surface area contributed by atoms with E-state index < -0.39 is 0 Å². The molecule has 0 spiro atoms. The summed E-state index contributed by atoms with van der Waals surface area (Å²) in [5, 5.41) is 10.8.